The zero-order valence-corrected chi connectivity index (χ0v) is 15.5. The maximum atomic E-state index is 12.5. The first-order valence-electron chi connectivity index (χ1n) is 8.56. The predicted octanol–water partition coefficient (Wildman–Crippen LogP) is 3.67. The molecule has 8 heteroatoms. The van der Waals surface area contributed by atoms with E-state index in [2.05, 4.69) is 0 Å². The molecule has 0 saturated carbocycles. The van der Waals surface area contributed by atoms with Gasteiger partial charge in [-0.2, -0.15) is 0 Å². The van der Waals surface area contributed by atoms with E-state index in [1.165, 1.54) is 38.5 Å². The molecule has 28 heavy (non-hydrogen) atoms. The van der Waals surface area contributed by atoms with Gasteiger partial charge in [0.1, 0.15) is 0 Å². The summed E-state index contributed by atoms with van der Waals surface area (Å²) in [6, 6.07) is 7.63. The van der Waals surface area contributed by atoms with Gasteiger partial charge in [0.2, 0.25) is 0 Å². The van der Waals surface area contributed by atoms with Gasteiger partial charge in [0, 0.05) is 12.0 Å². The number of carbonyl (C=O) groups excluding carboxylic acids is 1. The minimum Gasteiger partial charge on any atom is -0.493 e. The number of nitro benzene ring substituents is 1. The van der Waals surface area contributed by atoms with Crippen LogP contribution < -0.4 is 18.9 Å². The second-order valence-corrected chi connectivity index (χ2v) is 5.93. The molecule has 0 saturated heterocycles. The molecule has 0 fully saturated rings. The van der Waals surface area contributed by atoms with Crippen LogP contribution in [0, 0.1) is 10.1 Å². The number of nitro groups is 1. The van der Waals surface area contributed by atoms with E-state index in [0.29, 0.717) is 36.0 Å². The summed E-state index contributed by atoms with van der Waals surface area (Å²) >= 11 is 0. The maximum Gasteiger partial charge on any atom is 0.280 e. The molecule has 0 atom stereocenters. The van der Waals surface area contributed by atoms with Gasteiger partial charge in [-0.05, 0) is 36.4 Å². The van der Waals surface area contributed by atoms with Gasteiger partial charge >= 0.3 is 0 Å². The lowest BCUT2D eigenvalue weighted by atomic mass is 10.1. The van der Waals surface area contributed by atoms with E-state index < -0.39 is 4.92 Å². The molecule has 0 spiro atoms. The number of methoxy groups -OCH3 is 2. The van der Waals surface area contributed by atoms with E-state index >= 15 is 0 Å². The molecule has 8 nitrogen and oxygen atoms in total. The van der Waals surface area contributed by atoms with Gasteiger partial charge in [-0.25, -0.2) is 0 Å². The van der Waals surface area contributed by atoms with Gasteiger partial charge in [0.15, 0.2) is 28.8 Å². The first-order valence-corrected chi connectivity index (χ1v) is 8.56. The second kappa shape index (κ2) is 8.43. The van der Waals surface area contributed by atoms with E-state index in [0.717, 1.165) is 6.42 Å². The normalized spacial score (nSPS) is 13.1. The Morgan fingerprint density at radius 1 is 1.07 bits per heavy atom. The Hall–Kier alpha value is -3.55. The van der Waals surface area contributed by atoms with Crippen molar-refractivity contribution in [2.24, 2.45) is 0 Å². The van der Waals surface area contributed by atoms with Crippen molar-refractivity contribution in [1.29, 1.82) is 0 Å². The SMILES string of the molecule is COc1cc(C=CC(=O)c2ccc3c(c2)OCCCO3)c([N+](=O)[O-])cc1OC. The number of ether oxygens (including phenoxy) is 4. The van der Waals surface area contributed by atoms with Crippen LogP contribution in [-0.4, -0.2) is 38.1 Å². The molecule has 0 radical (unpaired) electrons. The van der Waals surface area contributed by atoms with E-state index in [1.54, 1.807) is 18.2 Å². The summed E-state index contributed by atoms with van der Waals surface area (Å²) in [6.07, 6.45) is 3.42. The van der Waals surface area contributed by atoms with Crippen LogP contribution in [0.2, 0.25) is 0 Å². The zero-order chi connectivity index (χ0) is 20.1. The number of ketones is 1. The van der Waals surface area contributed by atoms with Gasteiger partial charge < -0.3 is 18.9 Å². The summed E-state index contributed by atoms with van der Waals surface area (Å²) in [4.78, 5) is 23.4. The molecule has 1 heterocycles. The molecule has 0 N–H and O–H groups in total. The van der Waals surface area contributed by atoms with Crippen LogP contribution in [0.4, 0.5) is 5.69 Å². The van der Waals surface area contributed by atoms with Crippen molar-refractivity contribution in [3.05, 3.63) is 57.6 Å². The summed E-state index contributed by atoms with van der Waals surface area (Å²) in [5, 5.41) is 11.4. The standard InChI is InChI=1S/C20H19NO7/c1-25-18-10-13(15(21(23)24)12-19(18)26-2)4-6-16(22)14-5-7-17-20(11-14)28-9-3-8-27-17/h4-7,10-12H,3,8-9H2,1-2H3. The molecule has 2 aromatic carbocycles. The Morgan fingerprint density at radius 3 is 2.43 bits per heavy atom. The van der Waals surface area contributed by atoms with Gasteiger partial charge in [0.25, 0.3) is 5.69 Å². The smallest absolute Gasteiger partial charge is 0.280 e. The summed E-state index contributed by atoms with van der Waals surface area (Å²) in [5.74, 6) is 1.35. The van der Waals surface area contributed by atoms with Crippen molar-refractivity contribution >= 4 is 17.5 Å². The van der Waals surface area contributed by atoms with Gasteiger partial charge in [0.05, 0.1) is 44.0 Å². The Bertz CT molecular complexity index is 936. The Balaban J connectivity index is 1.90. The van der Waals surface area contributed by atoms with Crippen molar-refractivity contribution in [2.45, 2.75) is 6.42 Å². The van der Waals surface area contributed by atoms with Gasteiger partial charge in [-0.1, -0.05) is 0 Å². The number of nitrogens with zero attached hydrogens (tertiary/aromatic N) is 1. The number of rotatable bonds is 6. The summed E-state index contributed by atoms with van der Waals surface area (Å²) in [6.45, 7) is 1.07. The highest BCUT2D eigenvalue weighted by Gasteiger charge is 2.18. The number of carbonyl (C=O) groups is 1. The molecule has 146 valence electrons. The van der Waals surface area contributed by atoms with Crippen LogP contribution in [-0.2, 0) is 0 Å². The fourth-order valence-corrected chi connectivity index (χ4v) is 2.75. The average molecular weight is 385 g/mol. The molecular weight excluding hydrogens is 366 g/mol. The molecular formula is C20H19NO7. The number of benzene rings is 2. The third kappa shape index (κ3) is 4.06. The summed E-state index contributed by atoms with van der Waals surface area (Å²) < 4.78 is 21.4. The topological polar surface area (TPSA) is 97.1 Å². The first-order chi connectivity index (χ1) is 13.5. The fourth-order valence-electron chi connectivity index (χ4n) is 2.75. The molecule has 0 bridgehead atoms. The molecule has 2 aromatic rings. The molecule has 1 aliphatic heterocycles. The molecule has 0 aliphatic carbocycles. The molecule has 0 amide bonds. The number of hydrogen-bond donors (Lipinski definition) is 0. The summed E-state index contributed by atoms with van der Waals surface area (Å²) in [7, 11) is 2.82. The second-order valence-electron chi connectivity index (χ2n) is 5.93. The van der Waals surface area contributed by atoms with E-state index in [4.69, 9.17) is 18.9 Å². The van der Waals surface area contributed by atoms with E-state index in [9.17, 15) is 14.9 Å². The Kier molecular flexibility index (Phi) is 5.78. The van der Waals surface area contributed by atoms with Crippen LogP contribution in [0.3, 0.4) is 0 Å². The number of fused-ring (bicyclic) bond motifs is 1. The largest absolute Gasteiger partial charge is 0.493 e. The van der Waals surface area contributed by atoms with Crippen LogP contribution in [0.1, 0.15) is 22.3 Å². The minimum absolute atomic E-state index is 0.194. The van der Waals surface area contributed by atoms with Crippen molar-refractivity contribution < 1.29 is 28.7 Å². The highest BCUT2D eigenvalue weighted by Crippen LogP contribution is 2.35. The van der Waals surface area contributed by atoms with Crippen LogP contribution >= 0.6 is 0 Å². The fraction of sp³-hybridized carbons (Fsp3) is 0.250. The van der Waals surface area contributed by atoms with Crippen molar-refractivity contribution in [2.75, 3.05) is 27.4 Å². The predicted molar refractivity (Wildman–Crippen MR) is 102 cm³/mol. The lowest BCUT2D eigenvalue weighted by molar-refractivity contribution is -0.385. The van der Waals surface area contributed by atoms with Crippen LogP contribution in [0.5, 0.6) is 23.0 Å². The third-order valence-electron chi connectivity index (χ3n) is 4.18. The Morgan fingerprint density at radius 2 is 1.75 bits per heavy atom. The van der Waals surface area contributed by atoms with Crippen molar-refractivity contribution in [3.8, 4) is 23.0 Å². The van der Waals surface area contributed by atoms with Crippen molar-refractivity contribution in [1.82, 2.24) is 0 Å². The van der Waals surface area contributed by atoms with Gasteiger partial charge in [-0.15, -0.1) is 0 Å². The Labute approximate surface area is 161 Å². The monoisotopic (exact) mass is 385 g/mol. The lowest BCUT2D eigenvalue weighted by Gasteiger charge is -2.09. The summed E-state index contributed by atoms with van der Waals surface area (Å²) in [5.41, 5.74) is 0.425. The van der Waals surface area contributed by atoms with Crippen LogP contribution in [0.25, 0.3) is 6.08 Å². The maximum absolute atomic E-state index is 12.5. The van der Waals surface area contributed by atoms with Crippen LogP contribution in [0.15, 0.2) is 36.4 Å². The molecule has 0 unspecified atom stereocenters. The number of allylic oxidation sites excluding steroid dienone is 1. The van der Waals surface area contributed by atoms with E-state index in [-0.39, 0.29) is 22.8 Å². The van der Waals surface area contributed by atoms with Gasteiger partial charge in [-0.3, -0.25) is 14.9 Å². The molecule has 3 rings (SSSR count). The molecule has 1 aliphatic rings. The van der Waals surface area contributed by atoms with E-state index in [1.807, 2.05) is 0 Å². The average Bonchev–Trinajstić information content (AvgIpc) is 2.95. The molecule has 0 aromatic heterocycles. The number of hydrogen-bond acceptors (Lipinski definition) is 7. The first kappa shape index (κ1) is 19.2. The quantitative estimate of drug-likeness (QED) is 0.324. The highest BCUT2D eigenvalue weighted by molar-refractivity contribution is 6.07. The minimum atomic E-state index is -0.542. The highest BCUT2D eigenvalue weighted by atomic mass is 16.6. The lowest BCUT2D eigenvalue weighted by Crippen LogP contribution is -1.99. The van der Waals surface area contributed by atoms with Crippen molar-refractivity contribution in [3.63, 3.8) is 0 Å². The zero-order valence-electron chi connectivity index (χ0n) is 15.5. The third-order valence-corrected chi connectivity index (χ3v) is 4.18.